The summed E-state index contributed by atoms with van der Waals surface area (Å²) in [6, 6.07) is 23.8. The van der Waals surface area contributed by atoms with Crippen molar-refractivity contribution in [1.82, 2.24) is 10.2 Å². The van der Waals surface area contributed by atoms with Gasteiger partial charge in [-0.15, -0.1) is 0 Å². The van der Waals surface area contributed by atoms with E-state index < -0.39 is 33.7 Å². The van der Waals surface area contributed by atoms with Crippen LogP contribution in [0, 0.1) is 12.8 Å². The normalized spacial score (nSPS) is 16.9. The number of amides is 1. The minimum atomic E-state index is -3.38. The molecule has 2 unspecified atom stereocenters. The first-order valence-corrected chi connectivity index (χ1v) is 23.3. The van der Waals surface area contributed by atoms with E-state index in [-0.39, 0.29) is 30.7 Å². The Bertz CT molecular complexity index is 1790. The van der Waals surface area contributed by atoms with E-state index >= 15 is 0 Å². The van der Waals surface area contributed by atoms with Crippen molar-refractivity contribution in [2.24, 2.45) is 11.7 Å². The quantitative estimate of drug-likeness (QED) is 0.0853. The maximum Gasteiger partial charge on any atom is 0.326 e. The van der Waals surface area contributed by atoms with Gasteiger partial charge in [-0.3, -0.25) is 14.5 Å². The van der Waals surface area contributed by atoms with Crippen molar-refractivity contribution in [2.45, 2.75) is 110 Å². The Hall–Kier alpha value is -3.75. The van der Waals surface area contributed by atoms with E-state index in [4.69, 9.17) is 15.9 Å². The molecule has 316 valence electrons. The maximum absolute atomic E-state index is 13.5. The third-order valence-corrected chi connectivity index (χ3v) is 11.8. The highest BCUT2D eigenvalue weighted by atomic mass is 32.2. The van der Waals surface area contributed by atoms with E-state index in [1.165, 1.54) is 12.0 Å². The fourth-order valence-corrected chi connectivity index (χ4v) is 7.84. The largest absolute Gasteiger partial charge is 0.481 e. The van der Waals surface area contributed by atoms with E-state index in [2.05, 4.69) is 47.5 Å². The lowest BCUT2D eigenvalue weighted by atomic mass is 9.93. The Morgan fingerprint density at radius 1 is 0.912 bits per heavy atom. The topological polar surface area (TPSA) is 187 Å². The highest BCUT2D eigenvalue weighted by Gasteiger charge is 2.33. The molecule has 4 rings (SSSR count). The van der Waals surface area contributed by atoms with E-state index in [0.717, 1.165) is 79.3 Å². The lowest BCUT2D eigenvalue weighted by Gasteiger charge is -2.31. The molecule has 0 bridgehead atoms. The van der Waals surface area contributed by atoms with Crippen LogP contribution in [0.2, 0.25) is 0 Å². The number of carboxylic acids is 2. The number of aliphatic carboxylic acids is 2. The summed E-state index contributed by atoms with van der Waals surface area (Å²) in [6.45, 7) is 8.77. The molecular weight excluding hydrogens is 763 g/mol. The van der Waals surface area contributed by atoms with Crippen LogP contribution in [0.3, 0.4) is 0 Å². The van der Waals surface area contributed by atoms with Gasteiger partial charge in [-0.1, -0.05) is 87.9 Å². The molecule has 6 N–H and O–H groups in total. The van der Waals surface area contributed by atoms with Crippen LogP contribution in [0.15, 0.2) is 72.8 Å². The van der Waals surface area contributed by atoms with Crippen LogP contribution in [0.5, 0.6) is 0 Å². The van der Waals surface area contributed by atoms with Crippen LogP contribution in [0.1, 0.15) is 92.8 Å². The smallest absolute Gasteiger partial charge is 0.326 e. The fraction of sp³-hybridized carbons (Fsp3) is 0.523. The number of nitrogens with two attached hydrogens (primary N) is 1. The number of benzene rings is 3. The molecule has 57 heavy (non-hydrogen) atoms. The van der Waals surface area contributed by atoms with Gasteiger partial charge in [0.05, 0.1) is 18.3 Å². The van der Waals surface area contributed by atoms with E-state index in [9.17, 15) is 27.9 Å². The molecule has 0 aromatic heterocycles. The average molecular weight is 828 g/mol. The number of rotatable bonds is 19. The van der Waals surface area contributed by atoms with Crippen LogP contribution < -0.4 is 11.1 Å². The van der Waals surface area contributed by atoms with E-state index in [0.29, 0.717) is 17.6 Å². The van der Waals surface area contributed by atoms with Gasteiger partial charge in [0.2, 0.25) is 0 Å². The SMILES string of the molecule is CCC[C@H]1CC[C@@H](Cc2ccccc2)N1Cc1ccc(C(=O)NC(CCS(C)(=O)=O)C(=O)O)c(-c2ccccc2C)c1.CC[C@@H](N)CO.CSCCC(C)C(=O)O. The lowest BCUT2D eigenvalue weighted by molar-refractivity contribution is -0.141. The van der Waals surface area contributed by atoms with Crippen molar-refractivity contribution < 1.29 is 38.1 Å². The van der Waals surface area contributed by atoms with Crippen LogP contribution in [0.4, 0.5) is 0 Å². The molecule has 3 aromatic carbocycles. The minimum absolute atomic E-state index is 0.00926. The number of aryl methyl sites for hydroxylation is 1. The second kappa shape index (κ2) is 25.6. The molecule has 1 aliphatic heterocycles. The van der Waals surface area contributed by atoms with Crippen LogP contribution in [0.25, 0.3) is 11.1 Å². The highest BCUT2D eigenvalue weighted by Crippen LogP contribution is 2.34. The number of carboxylic acid groups (broad SMARTS) is 2. The molecule has 0 saturated carbocycles. The molecule has 1 fully saturated rings. The van der Waals surface area contributed by atoms with Gasteiger partial charge in [-0.2, -0.15) is 11.8 Å². The standard InChI is InChI=1S/C34H42N2O5S.C6H12O2S.C4H11NO/c1-4-10-27-16-17-28(21-25-12-6-5-7-13-25)36(27)23-26-15-18-30(31(22-26)29-14-9-8-11-24(29)2)33(37)35-32(34(38)39)19-20-42(3,40)41;1-5(6(7)8)3-4-9-2;1-2-4(5)3-6/h5-9,11-15,18,22,27-28,32H,4,10,16-17,19-21,23H2,1-3H3,(H,35,37)(H,38,39);5H,3-4H2,1-2H3,(H,7,8);4,6H,2-3,5H2,1H3/t27-,28-,32?;;4-/m0.1/s1. The summed E-state index contributed by atoms with van der Waals surface area (Å²) in [5.41, 5.74) is 10.7. The lowest BCUT2D eigenvalue weighted by Crippen LogP contribution is -2.42. The number of hydrogen-bond donors (Lipinski definition) is 5. The molecule has 5 atom stereocenters. The highest BCUT2D eigenvalue weighted by molar-refractivity contribution is 7.98. The van der Waals surface area contributed by atoms with Gasteiger partial charge in [0.1, 0.15) is 15.9 Å². The van der Waals surface area contributed by atoms with Gasteiger partial charge < -0.3 is 26.4 Å². The van der Waals surface area contributed by atoms with Gasteiger partial charge in [0.15, 0.2) is 0 Å². The van der Waals surface area contributed by atoms with Gasteiger partial charge in [0.25, 0.3) is 5.91 Å². The monoisotopic (exact) mass is 827 g/mol. The van der Waals surface area contributed by atoms with Crippen molar-refractivity contribution in [3.05, 3.63) is 95.1 Å². The first-order chi connectivity index (χ1) is 27.0. The zero-order valence-corrected chi connectivity index (χ0v) is 36.2. The summed E-state index contributed by atoms with van der Waals surface area (Å²) in [4.78, 5) is 38.2. The molecule has 0 spiro atoms. The molecule has 3 aromatic rings. The Kier molecular flexibility index (Phi) is 22.2. The predicted octanol–water partition coefficient (Wildman–Crippen LogP) is 6.83. The van der Waals surface area contributed by atoms with Crippen molar-refractivity contribution in [2.75, 3.05) is 30.6 Å². The Morgan fingerprint density at radius 3 is 2.11 bits per heavy atom. The number of aliphatic hydroxyl groups is 1. The second-order valence-electron chi connectivity index (χ2n) is 14.9. The molecular formula is C44H65N3O8S2. The number of carbonyl (C=O) groups is 3. The number of likely N-dealkylation sites (tertiary alicyclic amines) is 1. The van der Waals surface area contributed by atoms with Gasteiger partial charge >= 0.3 is 11.9 Å². The molecule has 1 saturated heterocycles. The van der Waals surface area contributed by atoms with Gasteiger partial charge in [-0.05, 0) is 104 Å². The van der Waals surface area contributed by atoms with Crippen molar-refractivity contribution in [1.29, 1.82) is 0 Å². The first-order valence-electron chi connectivity index (χ1n) is 19.8. The van der Waals surface area contributed by atoms with Crippen LogP contribution in [-0.2, 0) is 32.4 Å². The summed E-state index contributed by atoms with van der Waals surface area (Å²) in [7, 11) is -3.38. The van der Waals surface area contributed by atoms with Crippen molar-refractivity contribution in [3.63, 3.8) is 0 Å². The third-order valence-electron chi connectivity index (χ3n) is 10.2. The molecule has 0 radical (unpaired) electrons. The van der Waals surface area contributed by atoms with Crippen LogP contribution >= 0.6 is 11.8 Å². The number of aliphatic hydroxyl groups excluding tert-OH is 1. The number of thioether (sulfide) groups is 1. The molecule has 1 amide bonds. The molecule has 13 heteroatoms. The number of nitrogens with one attached hydrogen (secondary N) is 1. The zero-order valence-electron chi connectivity index (χ0n) is 34.5. The summed E-state index contributed by atoms with van der Waals surface area (Å²) in [5, 5.41) is 28.9. The van der Waals surface area contributed by atoms with E-state index in [1.54, 1.807) is 24.8 Å². The Labute approximate surface area is 344 Å². The van der Waals surface area contributed by atoms with Gasteiger partial charge in [0, 0.05) is 36.5 Å². The van der Waals surface area contributed by atoms with Crippen LogP contribution in [-0.4, -0.2) is 101 Å². The zero-order chi connectivity index (χ0) is 42.5. The number of hydrogen-bond acceptors (Lipinski definition) is 9. The summed E-state index contributed by atoms with van der Waals surface area (Å²) >= 11 is 1.68. The summed E-state index contributed by atoms with van der Waals surface area (Å²) < 4.78 is 23.3. The third kappa shape index (κ3) is 17.7. The molecule has 11 nitrogen and oxygen atoms in total. The van der Waals surface area contributed by atoms with E-state index in [1.807, 2.05) is 56.5 Å². The maximum atomic E-state index is 13.5. The summed E-state index contributed by atoms with van der Waals surface area (Å²) in [6.07, 6.45) is 10.0. The minimum Gasteiger partial charge on any atom is -0.481 e. The number of sulfone groups is 1. The second-order valence-corrected chi connectivity index (χ2v) is 18.1. The van der Waals surface area contributed by atoms with Crippen molar-refractivity contribution in [3.8, 4) is 11.1 Å². The Balaban J connectivity index is 0.000000631. The first kappa shape index (κ1) is 49.4. The van der Waals surface area contributed by atoms with Crippen molar-refractivity contribution >= 4 is 39.4 Å². The molecule has 1 aliphatic rings. The Morgan fingerprint density at radius 2 is 1.56 bits per heavy atom. The average Bonchev–Trinajstić information content (AvgIpc) is 3.55. The number of nitrogens with zero attached hydrogens (tertiary/aromatic N) is 1. The fourth-order valence-electron chi connectivity index (χ4n) is 6.59. The predicted molar refractivity (Wildman–Crippen MR) is 232 cm³/mol. The molecule has 0 aliphatic carbocycles. The summed E-state index contributed by atoms with van der Waals surface area (Å²) in [5.74, 6) is -2.06. The molecule has 1 heterocycles. The number of carbonyl (C=O) groups excluding carboxylic acids is 1. The van der Waals surface area contributed by atoms with Gasteiger partial charge in [-0.25, -0.2) is 13.2 Å².